The highest BCUT2D eigenvalue weighted by molar-refractivity contribution is 7.14. The van der Waals surface area contributed by atoms with Crippen molar-refractivity contribution in [2.45, 2.75) is 0 Å². The maximum Gasteiger partial charge on any atom is 0.257 e. The van der Waals surface area contributed by atoms with Crippen LogP contribution in [0.4, 0.5) is 10.8 Å². The van der Waals surface area contributed by atoms with Crippen molar-refractivity contribution in [3.63, 3.8) is 0 Å². The number of aromatic nitrogens is 1. The highest BCUT2D eigenvalue weighted by Gasteiger charge is 2.12. The molecular weight excluding hydrogens is 478 g/mol. The number of hydrogen-bond donors (Lipinski definition) is 2. The Kier molecular flexibility index (Phi) is 5.92. The molecule has 0 atom stereocenters. The van der Waals surface area contributed by atoms with Crippen LogP contribution in [0.2, 0.25) is 0 Å². The average Bonchev–Trinajstić information content (AvgIpc) is 3.41. The molecular formula is C31H21N3O2S. The molecule has 2 amide bonds. The van der Waals surface area contributed by atoms with Gasteiger partial charge < -0.3 is 5.32 Å². The molecule has 0 fully saturated rings. The summed E-state index contributed by atoms with van der Waals surface area (Å²) in [5.41, 5.74) is 3.54. The third kappa shape index (κ3) is 4.83. The van der Waals surface area contributed by atoms with E-state index in [9.17, 15) is 9.59 Å². The Bertz CT molecular complexity index is 1770. The maximum absolute atomic E-state index is 12.8. The van der Waals surface area contributed by atoms with Gasteiger partial charge in [0.05, 0.1) is 5.69 Å². The van der Waals surface area contributed by atoms with E-state index in [0.29, 0.717) is 21.9 Å². The number of anilines is 2. The fraction of sp³-hybridized carbons (Fsp3) is 0. The van der Waals surface area contributed by atoms with Crippen molar-refractivity contribution >= 4 is 55.5 Å². The Labute approximate surface area is 217 Å². The van der Waals surface area contributed by atoms with Crippen LogP contribution >= 0.6 is 11.3 Å². The molecule has 0 aliphatic rings. The van der Waals surface area contributed by atoms with Crippen molar-refractivity contribution in [3.8, 4) is 11.3 Å². The number of rotatable bonds is 5. The Balaban J connectivity index is 1.12. The minimum absolute atomic E-state index is 0.161. The Morgan fingerprint density at radius 1 is 0.595 bits per heavy atom. The summed E-state index contributed by atoms with van der Waals surface area (Å²) in [6.07, 6.45) is 0. The maximum atomic E-state index is 12.8. The number of thiazole rings is 1. The second kappa shape index (κ2) is 9.68. The van der Waals surface area contributed by atoms with Crippen molar-refractivity contribution in [2.75, 3.05) is 10.6 Å². The molecule has 1 heterocycles. The highest BCUT2D eigenvalue weighted by Crippen LogP contribution is 2.27. The lowest BCUT2D eigenvalue weighted by Gasteiger charge is -2.07. The van der Waals surface area contributed by atoms with Crippen LogP contribution in [0.1, 0.15) is 20.7 Å². The third-order valence-electron chi connectivity index (χ3n) is 6.19. The molecule has 2 N–H and O–H groups in total. The first-order valence-electron chi connectivity index (χ1n) is 11.8. The first-order chi connectivity index (χ1) is 18.1. The third-order valence-corrected chi connectivity index (χ3v) is 6.94. The molecule has 6 rings (SSSR count). The van der Waals surface area contributed by atoms with Crippen LogP contribution in [0.5, 0.6) is 0 Å². The Morgan fingerprint density at radius 3 is 1.73 bits per heavy atom. The van der Waals surface area contributed by atoms with E-state index >= 15 is 0 Å². The van der Waals surface area contributed by atoms with E-state index in [1.807, 2.05) is 115 Å². The summed E-state index contributed by atoms with van der Waals surface area (Å²) in [5.74, 6) is -0.357. The highest BCUT2D eigenvalue weighted by atomic mass is 32.1. The molecule has 0 saturated carbocycles. The van der Waals surface area contributed by atoms with Crippen LogP contribution in [0.3, 0.4) is 0 Å². The molecule has 0 unspecified atom stereocenters. The minimum Gasteiger partial charge on any atom is -0.322 e. The van der Waals surface area contributed by atoms with Gasteiger partial charge in [0.1, 0.15) is 0 Å². The van der Waals surface area contributed by atoms with Crippen LogP contribution in [-0.4, -0.2) is 16.8 Å². The predicted molar refractivity (Wildman–Crippen MR) is 151 cm³/mol. The minimum atomic E-state index is -0.196. The molecule has 5 aromatic carbocycles. The van der Waals surface area contributed by atoms with Gasteiger partial charge >= 0.3 is 0 Å². The van der Waals surface area contributed by atoms with Gasteiger partial charge in [0.25, 0.3) is 11.8 Å². The molecule has 1 aromatic heterocycles. The van der Waals surface area contributed by atoms with Gasteiger partial charge in [-0.1, -0.05) is 72.8 Å². The van der Waals surface area contributed by atoms with Crippen LogP contribution in [0.15, 0.2) is 115 Å². The number of fused-ring (bicyclic) bond motifs is 2. The summed E-state index contributed by atoms with van der Waals surface area (Å²) in [6.45, 7) is 0. The van der Waals surface area contributed by atoms with Gasteiger partial charge in [-0.2, -0.15) is 0 Å². The van der Waals surface area contributed by atoms with Gasteiger partial charge in [-0.15, -0.1) is 11.3 Å². The second-order valence-corrected chi connectivity index (χ2v) is 9.51. The lowest BCUT2D eigenvalue weighted by atomic mass is 10.1. The number of hydrogen-bond acceptors (Lipinski definition) is 4. The lowest BCUT2D eigenvalue weighted by molar-refractivity contribution is 0.101. The predicted octanol–water partition coefficient (Wildman–Crippen LogP) is 7.62. The van der Waals surface area contributed by atoms with Gasteiger partial charge in [0.2, 0.25) is 0 Å². The summed E-state index contributed by atoms with van der Waals surface area (Å²) in [4.78, 5) is 30.1. The van der Waals surface area contributed by atoms with E-state index in [1.165, 1.54) is 11.3 Å². The summed E-state index contributed by atoms with van der Waals surface area (Å²) in [5, 5.41) is 12.5. The summed E-state index contributed by atoms with van der Waals surface area (Å²) >= 11 is 1.37. The van der Waals surface area contributed by atoms with Gasteiger partial charge in [0, 0.05) is 27.8 Å². The van der Waals surface area contributed by atoms with E-state index in [0.717, 1.165) is 32.8 Å². The van der Waals surface area contributed by atoms with Gasteiger partial charge in [-0.25, -0.2) is 4.98 Å². The summed E-state index contributed by atoms with van der Waals surface area (Å²) in [7, 11) is 0. The van der Waals surface area contributed by atoms with Crippen LogP contribution in [-0.2, 0) is 0 Å². The van der Waals surface area contributed by atoms with E-state index < -0.39 is 0 Å². The number of carbonyl (C=O) groups excluding carboxylic acids is 2. The van der Waals surface area contributed by atoms with Crippen molar-refractivity contribution in [2.24, 2.45) is 0 Å². The molecule has 178 valence electrons. The first kappa shape index (κ1) is 22.6. The van der Waals surface area contributed by atoms with E-state index in [4.69, 9.17) is 0 Å². The fourth-order valence-electron chi connectivity index (χ4n) is 4.22. The zero-order valence-corrected chi connectivity index (χ0v) is 20.5. The largest absolute Gasteiger partial charge is 0.322 e. The van der Waals surface area contributed by atoms with Crippen molar-refractivity contribution < 1.29 is 9.59 Å². The van der Waals surface area contributed by atoms with Crippen molar-refractivity contribution in [3.05, 3.63) is 126 Å². The SMILES string of the molecule is O=C(Nc1ccc(-c2csc(NC(=O)c3ccc4ccccc4c3)n2)cc1)c1ccc2ccccc2c1. The fourth-order valence-corrected chi connectivity index (χ4v) is 4.94. The standard InChI is InChI=1S/C31H21N3O2S/c35-29(25-11-9-20-5-1-3-7-23(20)17-25)32-27-15-13-22(14-16-27)28-19-37-31(33-28)34-30(36)26-12-10-21-6-2-4-8-24(21)18-26/h1-19H,(H,32,35)(H,33,34,36). The number of carbonyl (C=O) groups is 2. The summed E-state index contributed by atoms with van der Waals surface area (Å²) < 4.78 is 0. The smallest absolute Gasteiger partial charge is 0.257 e. The Morgan fingerprint density at radius 2 is 1.14 bits per heavy atom. The summed E-state index contributed by atoms with van der Waals surface area (Å²) in [6, 6.07) is 34.7. The van der Waals surface area contributed by atoms with Gasteiger partial charge in [-0.05, 0) is 57.9 Å². The molecule has 0 aliphatic carbocycles. The quantitative estimate of drug-likeness (QED) is 0.256. The number of nitrogens with one attached hydrogen (secondary N) is 2. The normalized spacial score (nSPS) is 10.9. The zero-order valence-electron chi connectivity index (χ0n) is 19.6. The lowest BCUT2D eigenvalue weighted by Crippen LogP contribution is -2.11. The molecule has 0 spiro atoms. The molecule has 37 heavy (non-hydrogen) atoms. The van der Waals surface area contributed by atoms with Crippen LogP contribution < -0.4 is 10.6 Å². The van der Waals surface area contributed by atoms with Crippen molar-refractivity contribution in [1.29, 1.82) is 0 Å². The second-order valence-electron chi connectivity index (χ2n) is 8.65. The molecule has 0 saturated heterocycles. The van der Waals surface area contributed by atoms with Crippen LogP contribution in [0, 0.1) is 0 Å². The molecule has 0 radical (unpaired) electrons. The zero-order chi connectivity index (χ0) is 25.2. The topological polar surface area (TPSA) is 71.1 Å². The van der Waals surface area contributed by atoms with Gasteiger partial charge in [-0.3, -0.25) is 14.9 Å². The van der Waals surface area contributed by atoms with E-state index in [2.05, 4.69) is 15.6 Å². The number of benzene rings is 5. The van der Waals surface area contributed by atoms with E-state index in [-0.39, 0.29) is 11.8 Å². The molecule has 0 aliphatic heterocycles. The molecule has 0 bridgehead atoms. The van der Waals surface area contributed by atoms with Gasteiger partial charge in [0.15, 0.2) is 5.13 Å². The van der Waals surface area contributed by atoms with Crippen molar-refractivity contribution in [1.82, 2.24) is 4.98 Å². The van der Waals surface area contributed by atoms with E-state index in [1.54, 1.807) is 0 Å². The Hall–Kier alpha value is -4.81. The molecule has 6 aromatic rings. The monoisotopic (exact) mass is 499 g/mol. The molecule has 6 heteroatoms. The average molecular weight is 500 g/mol. The van der Waals surface area contributed by atoms with Crippen LogP contribution in [0.25, 0.3) is 32.8 Å². The number of nitrogens with zero attached hydrogens (tertiary/aromatic N) is 1. The number of amides is 2. The first-order valence-corrected chi connectivity index (χ1v) is 12.7. The molecule has 5 nitrogen and oxygen atoms in total.